The first kappa shape index (κ1) is 13.8. The first-order chi connectivity index (χ1) is 8.01. The van der Waals surface area contributed by atoms with Crippen LogP contribution in [-0.4, -0.2) is 25.9 Å². The summed E-state index contributed by atoms with van der Waals surface area (Å²) in [5.41, 5.74) is 1.92. The van der Waals surface area contributed by atoms with Crippen LogP contribution in [0.25, 0.3) is 0 Å². The van der Waals surface area contributed by atoms with Crippen molar-refractivity contribution in [1.82, 2.24) is 0 Å². The molecule has 0 aromatic heterocycles. The van der Waals surface area contributed by atoms with E-state index in [0.29, 0.717) is 11.7 Å². The van der Waals surface area contributed by atoms with E-state index in [1.54, 1.807) is 14.2 Å². The van der Waals surface area contributed by atoms with Gasteiger partial charge in [0.15, 0.2) is 0 Å². The summed E-state index contributed by atoms with van der Waals surface area (Å²) in [7, 11) is 3.29. The van der Waals surface area contributed by atoms with Crippen LogP contribution in [0.15, 0.2) is 18.2 Å². The van der Waals surface area contributed by atoms with E-state index < -0.39 is 0 Å². The third kappa shape index (κ3) is 3.13. The molecule has 3 nitrogen and oxygen atoms in total. The summed E-state index contributed by atoms with van der Waals surface area (Å²) in [6.45, 7) is 4.23. The van der Waals surface area contributed by atoms with Crippen molar-refractivity contribution in [2.24, 2.45) is 0 Å². The topological polar surface area (TPSA) is 29.5 Å². The van der Waals surface area contributed by atoms with Gasteiger partial charge in [-0.1, -0.05) is 19.9 Å². The highest BCUT2D eigenvalue weighted by atomic mass is 35.5. The number of alkyl halides is 1. The Kier molecular flexibility index (Phi) is 4.82. The zero-order chi connectivity index (χ0) is 13.0. The molecule has 4 heteroatoms. The first-order valence-corrected chi connectivity index (χ1v) is 6.05. The maximum Gasteiger partial charge on any atom is 0.241 e. The van der Waals surface area contributed by atoms with E-state index in [1.165, 1.54) is 10.5 Å². The van der Waals surface area contributed by atoms with E-state index in [-0.39, 0.29) is 11.8 Å². The zero-order valence-electron chi connectivity index (χ0n) is 10.7. The Labute approximate surface area is 107 Å². The molecule has 0 radical (unpaired) electrons. The Hall–Kier alpha value is -1.22. The Morgan fingerprint density at radius 2 is 2.12 bits per heavy atom. The molecule has 0 heterocycles. The maximum absolute atomic E-state index is 11.5. The fourth-order valence-corrected chi connectivity index (χ4v) is 1.73. The van der Waals surface area contributed by atoms with Crippen molar-refractivity contribution < 1.29 is 9.53 Å². The molecule has 1 rings (SSSR count). The molecule has 0 aliphatic carbocycles. The van der Waals surface area contributed by atoms with E-state index >= 15 is 0 Å². The Morgan fingerprint density at radius 1 is 1.47 bits per heavy atom. The summed E-state index contributed by atoms with van der Waals surface area (Å²) in [5.74, 6) is 0.928. The summed E-state index contributed by atoms with van der Waals surface area (Å²) in [5, 5.41) is 0. The lowest BCUT2D eigenvalue weighted by Crippen LogP contribution is -2.27. The van der Waals surface area contributed by atoms with Crippen molar-refractivity contribution in [2.75, 3.05) is 24.9 Å². The molecule has 0 saturated carbocycles. The van der Waals surface area contributed by atoms with Crippen LogP contribution in [0.5, 0.6) is 5.75 Å². The second-order valence-electron chi connectivity index (χ2n) is 4.17. The van der Waals surface area contributed by atoms with Gasteiger partial charge in [-0.25, -0.2) is 0 Å². The van der Waals surface area contributed by atoms with Gasteiger partial charge in [0.25, 0.3) is 0 Å². The molecule has 0 saturated heterocycles. The molecule has 94 valence electrons. The van der Waals surface area contributed by atoms with Crippen molar-refractivity contribution in [2.45, 2.75) is 19.8 Å². The Bertz CT molecular complexity index is 404. The number of hydrogen-bond donors (Lipinski definition) is 0. The van der Waals surface area contributed by atoms with Crippen LogP contribution in [0.4, 0.5) is 5.69 Å². The van der Waals surface area contributed by atoms with Gasteiger partial charge in [-0.15, -0.1) is 11.6 Å². The molecule has 17 heavy (non-hydrogen) atoms. The molecule has 0 spiro atoms. The number of halogens is 1. The molecular weight excluding hydrogens is 238 g/mol. The molecular formula is C13H18ClNO2. The molecule has 0 N–H and O–H groups in total. The minimum absolute atomic E-state index is 0.0361. The predicted octanol–water partition coefficient (Wildman–Crippen LogP) is 3.02. The molecule has 0 aliphatic heterocycles. The van der Waals surface area contributed by atoms with Gasteiger partial charge < -0.3 is 9.64 Å². The smallest absolute Gasteiger partial charge is 0.241 e. The Balaban J connectivity index is 3.12. The normalized spacial score (nSPS) is 10.5. The van der Waals surface area contributed by atoms with Crippen molar-refractivity contribution in [3.63, 3.8) is 0 Å². The molecule has 1 amide bonds. The van der Waals surface area contributed by atoms with E-state index in [1.807, 2.05) is 18.2 Å². The minimum Gasteiger partial charge on any atom is -0.495 e. The fourth-order valence-electron chi connectivity index (χ4n) is 1.55. The van der Waals surface area contributed by atoms with Gasteiger partial charge in [0.2, 0.25) is 5.91 Å². The number of nitrogens with zero attached hydrogens (tertiary/aromatic N) is 1. The molecule has 0 fully saturated rings. The summed E-state index contributed by atoms with van der Waals surface area (Å²) >= 11 is 5.54. The lowest BCUT2D eigenvalue weighted by molar-refractivity contribution is -0.116. The van der Waals surface area contributed by atoms with Crippen molar-refractivity contribution in [3.8, 4) is 5.75 Å². The highest BCUT2D eigenvalue weighted by Crippen LogP contribution is 2.31. The lowest BCUT2D eigenvalue weighted by atomic mass is 10.0. The summed E-state index contributed by atoms with van der Waals surface area (Å²) in [6.07, 6.45) is 0. The summed E-state index contributed by atoms with van der Waals surface area (Å²) < 4.78 is 5.31. The SMILES string of the molecule is COc1cc(C(C)C)ccc1N(C)C(=O)CCl. The number of hydrogen-bond acceptors (Lipinski definition) is 2. The van der Waals surface area contributed by atoms with Gasteiger partial charge >= 0.3 is 0 Å². The largest absolute Gasteiger partial charge is 0.495 e. The van der Waals surface area contributed by atoms with Crippen LogP contribution in [0.1, 0.15) is 25.3 Å². The Morgan fingerprint density at radius 3 is 2.59 bits per heavy atom. The summed E-state index contributed by atoms with van der Waals surface area (Å²) in [6, 6.07) is 5.84. The molecule has 0 atom stereocenters. The van der Waals surface area contributed by atoms with E-state index in [2.05, 4.69) is 13.8 Å². The van der Waals surface area contributed by atoms with Gasteiger partial charge in [-0.2, -0.15) is 0 Å². The monoisotopic (exact) mass is 255 g/mol. The zero-order valence-corrected chi connectivity index (χ0v) is 11.4. The van der Waals surface area contributed by atoms with Gasteiger partial charge in [0.1, 0.15) is 11.6 Å². The van der Waals surface area contributed by atoms with Crippen molar-refractivity contribution in [1.29, 1.82) is 0 Å². The predicted molar refractivity (Wildman–Crippen MR) is 71.2 cm³/mol. The number of ether oxygens (including phenoxy) is 1. The second-order valence-corrected chi connectivity index (χ2v) is 4.44. The van der Waals surface area contributed by atoms with E-state index in [4.69, 9.17) is 16.3 Å². The van der Waals surface area contributed by atoms with Crippen LogP contribution in [0.3, 0.4) is 0 Å². The lowest BCUT2D eigenvalue weighted by Gasteiger charge is -2.20. The third-order valence-electron chi connectivity index (χ3n) is 2.72. The number of anilines is 1. The molecule has 0 unspecified atom stereocenters. The van der Waals surface area contributed by atoms with Crippen LogP contribution in [0, 0.1) is 0 Å². The first-order valence-electron chi connectivity index (χ1n) is 5.51. The molecule has 0 bridgehead atoms. The maximum atomic E-state index is 11.5. The van der Waals surface area contributed by atoms with Crippen molar-refractivity contribution >= 4 is 23.2 Å². The van der Waals surface area contributed by atoms with Gasteiger partial charge in [-0.05, 0) is 23.6 Å². The number of benzene rings is 1. The fraction of sp³-hybridized carbons (Fsp3) is 0.462. The molecule has 0 aliphatic rings. The van der Waals surface area contributed by atoms with Crippen LogP contribution in [-0.2, 0) is 4.79 Å². The highest BCUT2D eigenvalue weighted by Gasteiger charge is 2.15. The highest BCUT2D eigenvalue weighted by molar-refractivity contribution is 6.29. The van der Waals surface area contributed by atoms with Crippen LogP contribution < -0.4 is 9.64 Å². The van der Waals surface area contributed by atoms with Gasteiger partial charge in [0.05, 0.1) is 12.8 Å². The summed E-state index contributed by atoms with van der Waals surface area (Å²) in [4.78, 5) is 13.0. The molecule has 1 aromatic carbocycles. The number of rotatable bonds is 4. The van der Waals surface area contributed by atoms with E-state index in [9.17, 15) is 4.79 Å². The number of carbonyl (C=O) groups excluding carboxylic acids is 1. The van der Waals surface area contributed by atoms with Crippen molar-refractivity contribution in [3.05, 3.63) is 23.8 Å². The number of amides is 1. The quantitative estimate of drug-likeness (QED) is 0.774. The number of methoxy groups -OCH3 is 1. The van der Waals surface area contributed by atoms with Crippen LogP contribution >= 0.6 is 11.6 Å². The minimum atomic E-state index is -0.151. The van der Waals surface area contributed by atoms with Gasteiger partial charge in [0, 0.05) is 7.05 Å². The van der Waals surface area contributed by atoms with Crippen LogP contribution in [0.2, 0.25) is 0 Å². The average molecular weight is 256 g/mol. The van der Waals surface area contributed by atoms with E-state index in [0.717, 1.165) is 5.69 Å². The average Bonchev–Trinajstić information content (AvgIpc) is 2.35. The third-order valence-corrected chi connectivity index (χ3v) is 2.95. The second kappa shape index (κ2) is 5.92. The standard InChI is InChI=1S/C13H18ClNO2/c1-9(2)10-5-6-11(12(7-10)17-4)15(3)13(16)8-14/h5-7,9H,8H2,1-4H3. The molecule has 1 aromatic rings. The van der Waals surface area contributed by atoms with Gasteiger partial charge in [-0.3, -0.25) is 4.79 Å². The number of carbonyl (C=O) groups is 1.